The third-order valence-electron chi connectivity index (χ3n) is 7.19. The molecule has 5 rings (SSSR count). The van der Waals surface area contributed by atoms with Gasteiger partial charge in [-0.15, -0.1) is 0 Å². The van der Waals surface area contributed by atoms with E-state index >= 15 is 0 Å². The second kappa shape index (κ2) is 7.67. The van der Waals surface area contributed by atoms with Crippen molar-refractivity contribution in [1.29, 1.82) is 0 Å². The fourth-order valence-corrected chi connectivity index (χ4v) is 5.46. The first kappa shape index (κ1) is 19.0. The van der Waals surface area contributed by atoms with Crippen LogP contribution in [0.2, 0.25) is 0 Å². The fraction of sp³-hybridized carbons (Fsp3) is 0.440. The van der Waals surface area contributed by atoms with Crippen molar-refractivity contribution in [3.8, 4) is 0 Å². The molecule has 2 saturated heterocycles. The van der Waals surface area contributed by atoms with Gasteiger partial charge in [0.2, 0.25) is 0 Å². The summed E-state index contributed by atoms with van der Waals surface area (Å²) < 4.78 is 13.2. The Bertz CT molecular complexity index is 886. The van der Waals surface area contributed by atoms with E-state index in [0.717, 1.165) is 57.5 Å². The summed E-state index contributed by atoms with van der Waals surface area (Å²) in [6.07, 6.45) is 7.46. The Kier molecular flexibility index (Phi) is 5.02. The molecule has 0 amide bonds. The SMILES string of the molecule is OC1CCN(Cc2ccc(F)cc2)CC1N1CCC2(C=Cc3ccccc32)CC1. The number of aliphatic hydroxyl groups is 1. The molecule has 3 nitrogen and oxygen atoms in total. The highest BCUT2D eigenvalue weighted by atomic mass is 19.1. The van der Waals surface area contributed by atoms with E-state index < -0.39 is 0 Å². The van der Waals surface area contributed by atoms with Gasteiger partial charge in [-0.25, -0.2) is 4.39 Å². The zero-order valence-electron chi connectivity index (χ0n) is 16.8. The zero-order chi connectivity index (χ0) is 19.8. The van der Waals surface area contributed by atoms with E-state index in [1.54, 1.807) is 0 Å². The Hall–Kier alpha value is -2.01. The monoisotopic (exact) mass is 392 g/mol. The highest BCUT2D eigenvalue weighted by Gasteiger charge is 2.41. The molecule has 0 bridgehead atoms. The molecule has 2 unspecified atom stereocenters. The van der Waals surface area contributed by atoms with Gasteiger partial charge in [0, 0.05) is 31.1 Å². The largest absolute Gasteiger partial charge is 0.391 e. The molecule has 2 heterocycles. The molecule has 2 aromatic carbocycles. The Balaban J connectivity index is 1.24. The molecule has 152 valence electrons. The van der Waals surface area contributed by atoms with Gasteiger partial charge in [0.1, 0.15) is 5.82 Å². The highest BCUT2D eigenvalue weighted by molar-refractivity contribution is 5.65. The molecule has 2 fully saturated rings. The van der Waals surface area contributed by atoms with Crippen molar-refractivity contribution in [3.63, 3.8) is 0 Å². The Morgan fingerprint density at radius 3 is 2.55 bits per heavy atom. The van der Waals surface area contributed by atoms with Gasteiger partial charge in [-0.1, -0.05) is 48.6 Å². The third-order valence-corrected chi connectivity index (χ3v) is 7.19. The summed E-state index contributed by atoms with van der Waals surface area (Å²) >= 11 is 0. The molecular weight excluding hydrogens is 363 g/mol. The van der Waals surface area contributed by atoms with Gasteiger partial charge in [0.05, 0.1) is 6.10 Å². The molecule has 1 spiro atoms. The summed E-state index contributed by atoms with van der Waals surface area (Å²) in [6.45, 7) is 4.62. The lowest BCUT2D eigenvalue weighted by molar-refractivity contribution is -0.0256. The quantitative estimate of drug-likeness (QED) is 0.860. The summed E-state index contributed by atoms with van der Waals surface area (Å²) in [5.41, 5.74) is 4.15. The summed E-state index contributed by atoms with van der Waals surface area (Å²) in [4.78, 5) is 4.90. The summed E-state index contributed by atoms with van der Waals surface area (Å²) in [5, 5.41) is 10.7. The molecule has 4 heteroatoms. The lowest BCUT2D eigenvalue weighted by Crippen LogP contribution is -2.57. The molecule has 0 saturated carbocycles. The Labute approximate surface area is 172 Å². The van der Waals surface area contributed by atoms with Crippen LogP contribution >= 0.6 is 0 Å². The highest BCUT2D eigenvalue weighted by Crippen LogP contribution is 2.44. The number of allylic oxidation sites excluding steroid dienone is 1. The normalized spacial score (nSPS) is 26.7. The first-order valence-electron chi connectivity index (χ1n) is 10.8. The van der Waals surface area contributed by atoms with E-state index in [1.165, 1.54) is 23.3 Å². The number of benzene rings is 2. The van der Waals surface area contributed by atoms with Crippen LogP contribution in [0.5, 0.6) is 0 Å². The minimum atomic E-state index is -0.264. The summed E-state index contributed by atoms with van der Waals surface area (Å²) in [5.74, 6) is -0.189. The van der Waals surface area contributed by atoms with Crippen molar-refractivity contribution < 1.29 is 9.50 Å². The van der Waals surface area contributed by atoms with Crippen molar-refractivity contribution >= 4 is 6.08 Å². The average Bonchev–Trinajstić information content (AvgIpc) is 3.10. The molecule has 0 radical (unpaired) electrons. The fourth-order valence-electron chi connectivity index (χ4n) is 5.46. The molecule has 2 aliphatic heterocycles. The van der Waals surface area contributed by atoms with Crippen LogP contribution in [0.25, 0.3) is 6.08 Å². The van der Waals surface area contributed by atoms with Crippen molar-refractivity contribution in [2.75, 3.05) is 26.2 Å². The van der Waals surface area contributed by atoms with Crippen LogP contribution < -0.4 is 0 Å². The van der Waals surface area contributed by atoms with Crippen LogP contribution in [0.1, 0.15) is 36.0 Å². The van der Waals surface area contributed by atoms with E-state index in [2.05, 4.69) is 46.2 Å². The van der Waals surface area contributed by atoms with Crippen LogP contribution in [-0.2, 0) is 12.0 Å². The predicted molar refractivity (Wildman–Crippen MR) is 114 cm³/mol. The Morgan fingerprint density at radius 1 is 1.00 bits per heavy atom. The van der Waals surface area contributed by atoms with E-state index in [0.29, 0.717) is 0 Å². The Morgan fingerprint density at radius 2 is 1.76 bits per heavy atom. The van der Waals surface area contributed by atoms with E-state index in [9.17, 15) is 9.50 Å². The number of fused-ring (bicyclic) bond motifs is 2. The first-order chi connectivity index (χ1) is 14.1. The number of hydrogen-bond donors (Lipinski definition) is 1. The second-order valence-electron chi connectivity index (χ2n) is 8.90. The topological polar surface area (TPSA) is 26.7 Å². The summed E-state index contributed by atoms with van der Waals surface area (Å²) in [6, 6.07) is 15.7. The smallest absolute Gasteiger partial charge is 0.123 e. The summed E-state index contributed by atoms with van der Waals surface area (Å²) in [7, 11) is 0. The molecular formula is C25H29FN2O. The van der Waals surface area contributed by atoms with Crippen molar-refractivity contribution in [2.24, 2.45) is 0 Å². The lowest BCUT2D eigenvalue weighted by Gasteiger charge is -2.47. The molecule has 0 aromatic heterocycles. The predicted octanol–water partition coefficient (Wildman–Crippen LogP) is 3.82. The number of likely N-dealkylation sites (tertiary alicyclic amines) is 2. The number of halogens is 1. The van der Waals surface area contributed by atoms with Crippen LogP contribution in [0.4, 0.5) is 4.39 Å². The molecule has 1 N–H and O–H groups in total. The maximum Gasteiger partial charge on any atom is 0.123 e. The maximum atomic E-state index is 13.2. The van der Waals surface area contributed by atoms with Crippen LogP contribution in [-0.4, -0.2) is 53.2 Å². The van der Waals surface area contributed by atoms with Gasteiger partial charge in [-0.3, -0.25) is 9.80 Å². The van der Waals surface area contributed by atoms with Gasteiger partial charge in [-0.05, 0) is 61.2 Å². The molecule has 2 aromatic rings. The minimum Gasteiger partial charge on any atom is -0.391 e. The molecule has 3 aliphatic rings. The third kappa shape index (κ3) is 3.65. The van der Waals surface area contributed by atoms with Gasteiger partial charge in [-0.2, -0.15) is 0 Å². The van der Waals surface area contributed by atoms with Crippen molar-refractivity contribution in [1.82, 2.24) is 9.80 Å². The number of hydrogen-bond acceptors (Lipinski definition) is 3. The second-order valence-corrected chi connectivity index (χ2v) is 8.90. The van der Waals surface area contributed by atoms with Crippen molar-refractivity contribution in [3.05, 3.63) is 77.1 Å². The standard InChI is InChI=1S/C25H29FN2O/c26-21-7-5-19(6-8-21)17-27-14-10-24(29)23(18-27)28-15-12-25(13-16-28)11-9-20-3-1-2-4-22(20)25/h1-9,11,23-24,29H,10,12-18H2. The van der Waals surface area contributed by atoms with E-state index in [-0.39, 0.29) is 23.4 Å². The molecule has 1 aliphatic carbocycles. The molecule has 29 heavy (non-hydrogen) atoms. The zero-order valence-corrected chi connectivity index (χ0v) is 16.8. The van der Waals surface area contributed by atoms with E-state index in [1.807, 2.05) is 12.1 Å². The minimum absolute atomic E-state index is 0.181. The van der Waals surface area contributed by atoms with Gasteiger partial charge < -0.3 is 5.11 Å². The average molecular weight is 393 g/mol. The van der Waals surface area contributed by atoms with Gasteiger partial charge >= 0.3 is 0 Å². The first-order valence-corrected chi connectivity index (χ1v) is 10.8. The van der Waals surface area contributed by atoms with Crippen LogP contribution in [0, 0.1) is 5.82 Å². The van der Waals surface area contributed by atoms with Crippen LogP contribution in [0.3, 0.4) is 0 Å². The van der Waals surface area contributed by atoms with Gasteiger partial charge in [0.25, 0.3) is 0 Å². The van der Waals surface area contributed by atoms with E-state index in [4.69, 9.17) is 0 Å². The number of rotatable bonds is 3. The van der Waals surface area contributed by atoms with Gasteiger partial charge in [0.15, 0.2) is 0 Å². The maximum absolute atomic E-state index is 13.2. The number of piperidine rings is 2. The van der Waals surface area contributed by atoms with Crippen LogP contribution in [0.15, 0.2) is 54.6 Å². The number of nitrogens with zero attached hydrogens (tertiary/aromatic N) is 2. The van der Waals surface area contributed by atoms with Crippen molar-refractivity contribution in [2.45, 2.75) is 43.4 Å². The lowest BCUT2D eigenvalue weighted by atomic mass is 9.74. The molecule has 2 atom stereocenters. The number of aliphatic hydroxyl groups excluding tert-OH is 1.